The summed E-state index contributed by atoms with van der Waals surface area (Å²) in [6.45, 7) is 5.52. The molecule has 2 aromatic rings. The summed E-state index contributed by atoms with van der Waals surface area (Å²) < 4.78 is 1.80. The smallest absolute Gasteiger partial charge is 0.274 e. The molecule has 1 heterocycles. The number of benzene rings is 1. The summed E-state index contributed by atoms with van der Waals surface area (Å²) in [5.41, 5.74) is 3.97. The van der Waals surface area contributed by atoms with Crippen LogP contribution in [0.4, 0.5) is 11.4 Å². The molecule has 0 bridgehead atoms. The molecule has 0 fully saturated rings. The summed E-state index contributed by atoms with van der Waals surface area (Å²) in [6, 6.07) is 4.66. The van der Waals surface area contributed by atoms with Gasteiger partial charge in [-0.1, -0.05) is 6.07 Å². The molecule has 0 unspecified atom stereocenters. The van der Waals surface area contributed by atoms with Crippen LogP contribution in [0.15, 0.2) is 18.2 Å². The Morgan fingerprint density at radius 3 is 2.61 bits per heavy atom. The normalized spacial score (nSPS) is 10.6. The van der Waals surface area contributed by atoms with Gasteiger partial charge in [0, 0.05) is 25.2 Å². The molecule has 1 aromatic heterocycles. The first-order valence-electron chi connectivity index (χ1n) is 7.34. The van der Waals surface area contributed by atoms with E-state index in [4.69, 9.17) is 0 Å². The number of nitro benzene ring substituents is 1. The molecule has 0 aliphatic carbocycles. The first kappa shape index (κ1) is 16.7. The average Bonchev–Trinajstić information content (AvgIpc) is 2.72. The molecule has 0 radical (unpaired) electrons. The molecule has 2 rings (SSSR count). The molecule has 0 saturated heterocycles. The maximum Gasteiger partial charge on any atom is 0.274 e. The van der Waals surface area contributed by atoms with Crippen LogP contribution in [0.5, 0.6) is 0 Å². The highest BCUT2D eigenvalue weighted by atomic mass is 16.6. The highest BCUT2D eigenvalue weighted by Crippen LogP contribution is 2.25. The van der Waals surface area contributed by atoms with Crippen molar-refractivity contribution >= 4 is 17.3 Å². The van der Waals surface area contributed by atoms with Gasteiger partial charge in [-0.15, -0.1) is 0 Å². The topological polar surface area (TPSA) is 90.1 Å². The summed E-state index contributed by atoms with van der Waals surface area (Å²) in [5.74, 6) is -0.170. The number of nitro groups is 1. The molecule has 1 N–H and O–H groups in total. The maximum absolute atomic E-state index is 12.1. The van der Waals surface area contributed by atoms with Crippen LogP contribution in [0.25, 0.3) is 0 Å². The Hall–Kier alpha value is -2.70. The minimum Gasteiger partial charge on any atom is -0.326 e. The first-order valence-corrected chi connectivity index (χ1v) is 7.34. The highest BCUT2D eigenvalue weighted by Gasteiger charge is 2.16. The number of aromatic nitrogens is 2. The lowest BCUT2D eigenvalue weighted by Crippen LogP contribution is -2.14. The van der Waals surface area contributed by atoms with Crippen LogP contribution in [0, 0.1) is 30.9 Å². The van der Waals surface area contributed by atoms with Gasteiger partial charge in [-0.05, 0) is 38.8 Å². The number of rotatable bonds is 5. The zero-order chi connectivity index (χ0) is 17.1. The summed E-state index contributed by atoms with van der Waals surface area (Å²) in [5, 5.41) is 18.0. The monoisotopic (exact) mass is 316 g/mol. The second-order valence-electron chi connectivity index (χ2n) is 5.53. The third kappa shape index (κ3) is 3.56. The van der Waals surface area contributed by atoms with Crippen molar-refractivity contribution in [3.63, 3.8) is 0 Å². The van der Waals surface area contributed by atoms with Gasteiger partial charge in [0.25, 0.3) is 5.69 Å². The van der Waals surface area contributed by atoms with Crippen LogP contribution in [0.3, 0.4) is 0 Å². The molecule has 0 aliphatic rings. The van der Waals surface area contributed by atoms with Crippen molar-refractivity contribution in [1.82, 2.24) is 9.78 Å². The van der Waals surface area contributed by atoms with Gasteiger partial charge in [0.1, 0.15) is 0 Å². The molecule has 0 atom stereocenters. The van der Waals surface area contributed by atoms with Crippen LogP contribution < -0.4 is 5.32 Å². The number of carbonyl (C=O) groups excluding carboxylic acids is 1. The van der Waals surface area contributed by atoms with E-state index in [9.17, 15) is 14.9 Å². The van der Waals surface area contributed by atoms with Gasteiger partial charge >= 0.3 is 0 Å². The van der Waals surface area contributed by atoms with Crippen LogP contribution >= 0.6 is 0 Å². The van der Waals surface area contributed by atoms with Gasteiger partial charge < -0.3 is 5.32 Å². The van der Waals surface area contributed by atoms with Crippen LogP contribution in [0.1, 0.15) is 28.9 Å². The summed E-state index contributed by atoms with van der Waals surface area (Å²) in [4.78, 5) is 22.6. The largest absolute Gasteiger partial charge is 0.326 e. The molecule has 1 amide bonds. The van der Waals surface area contributed by atoms with Gasteiger partial charge in [0.2, 0.25) is 5.91 Å². The molecular weight excluding hydrogens is 296 g/mol. The van der Waals surface area contributed by atoms with E-state index < -0.39 is 4.92 Å². The lowest BCUT2D eigenvalue weighted by Gasteiger charge is -2.08. The van der Waals surface area contributed by atoms with Crippen molar-refractivity contribution in [1.29, 1.82) is 0 Å². The quantitative estimate of drug-likeness (QED) is 0.678. The number of hydrogen-bond acceptors (Lipinski definition) is 4. The van der Waals surface area contributed by atoms with E-state index in [1.807, 2.05) is 20.9 Å². The Balaban J connectivity index is 2.06. The van der Waals surface area contributed by atoms with E-state index in [-0.39, 0.29) is 11.6 Å². The number of anilines is 1. The molecule has 23 heavy (non-hydrogen) atoms. The van der Waals surface area contributed by atoms with Gasteiger partial charge in [0.15, 0.2) is 0 Å². The fourth-order valence-electron chi connectivity index (χ4n) is 2.59. The van der Waals surface area contributed by atoms with Crippen molar-refractivity contribution in [2.75, 3.05) is 5.32 Å². The zero-order valence-corrected chi connectivity index (χ0v) is 13.7. The van der Waals surface area contributed by atoms with Gasteiger partial charge in [-0.2, -0.15) is 5.10 Å². The van der Waals surface area contributed by atoms with E-state index in [2.05, 4.69) is 10.4 Å². The van der Waals surface area contributed by atoms with E-state index in [1.165, 1.54) is 6.07 Å². The molecular formula is C16H20N4O3. The van der Waals surface area contributed by atoms with E-state index in [0.29, 0.717) is 24.1 Å². The zero-order valence-electron chi connectivity index (χ0n) is 13.7. The standard InChI is InChI=1S/C16H20N4O3/c1-10-14(6-5-7-15(10)20(22)23)17-16(21)9-8-13-11(2)18-19(4)12(13)3/h5-7H,8-9H2,1-4H3,(H,17,21). The fraction of sp³-hybridized carbons (Fsp3) is 0.375. The van der Waals surface area contributed by atoms with E-state index >= 15 is 0 Å². The Bertz CT molecular complexity index is 765. The molecule has 0 saturated carbocycles. The Kier molecular flexibility index (Phi) is 4.78. The predicted molar refractivity (Wildman–Crippen MR) is 87.5 cm³/mol. The number of hydrogen-bond donors (Lipinski definition) is 1. The number of aryl methyl sites for hydroxylation is 2. The molecule has 0 spiro atoms. The van der Waals surface area contributed by atoms with Gasteiger partial charge in [-0.3, -0.25) is 19.6 Å². The lowest BCUT2D eigenvalue weighted by atomic mass is 10.1. The predicted octanol–water partition coefficient (Wildman–Crippen LogP) is 2.82. The Morgan fingerprint density at radius 1 is 1.35 bits per heavy atom. The SMILES string of the molecule is Cc1nn(C)c(C)c1CCC(=O)Nc1cccc([N+](=O)[O-])c1C. The number of amides is 1. The fourth-order valence-corrected chi connectivity index (χ4v) is 2.59. The number of carbonyl (C=O) groups is 1. The van der Waals surface area contributed by atoms with Crippen molar-refractivity contribution in [3.05, 3.63) is 50.8 Å². The lowest BCUT2D eigenvalue weighted by molar-refractivity contribution is -0.385. The highest BCUT2D eigenvalue weighted by molar-refractivity contribution is 5.92. The first-order chi connectivity index (χ1) is 10.8. The molecule has 1 aromatic carbocycles. The minimum atomic E-state index is -0.451. The van der Waals surface area contributed by atoms with E-state index in [0.717, 1.165) is 17.0 Å². The summed E-state index contributed by atoms with van der Waals surface area (Å²) in [6.07, 6.45) is 0.890. The molecule has 0 aliphatic heterocycles. The minimum absolute atomic E-state index is 0.00162. The average molecular weight is 316 g/mol. The van der Waals surface area contributed by atoms with Crippen LogP contribution in [0.2, 0.25) is 0 Å². The van der Waals surface area contributed by atoms with Crippen molar-refractivity contribution in [2.45, 2.75) is 33.6 Å². The maximum atomic E-state index is 12.1. The third-order valence-corrected chi connectivity index (χ3v) is 4.04. The second kappa shape index (κ2) is 6.60. The van der Waals surface area contributed by atoms with E-state index in [1.54, 1.807) is 23.7 Å². The van der Waals surface area contributed by atoms with Crippen molar-refractivity contribution in [3.8, 4) is 0 Å². The van der Waals surface area contributed by atoms with Crippen molar-refractivity contribution < 1.29 is 9.72 Å². The number of nitrogens with zero attached hydrogens (tertiary/aromatic N) is 3. The third-order valence-electron chi connectivity index (χ3n) is 4.04. The summed E-state index contributed by atoms with van der Waals surface area (Å²) in [7, 11) is 1.87. The Morgan fingerprint density at radius 2 is 2.04 bits per heavy atom. The second-order valence-corrected chi connectivity index (χ2v) is 5.53. The molecule has 122 valence electrons. The van der Waals surface area contributed by atoms with Gasteiger partial charge in [0.05, 0.1) is 21.9 Å². The Labute approximate surface area is 134 Å². The van der Waals surface area contributed by atoms with Crippen LogP contribution in [-0.2, 0) is 18.3 Å². The van der Waals surface area contributed by atoms with Crippen LogP contribution in [-0.4, -0.2) is 20.6 Å². The molecule has 7 heteroatoms. The number of nitrogens with one attached hydrogen (secondary N) is 1. The summed E-state index contributed by atoms with van der Waals surface area (Å²) >= 11 is 0. The van der Waals surface area contributed by atoms with Gasteiger partial charge in [-0.25, -0.2) is 0 Å². The van der Waals surface area contributed by atoms with Crippen molar-refractivity contribution in [2.24, 2.45) is 7.05 Å². The molecule has 7 nitrogen and oxygen atoms in total.